The van der Waals surface area contributed by atoms with E-state index in [1.165, 1.54) is 4.68 Å². The highest BCUT2D eigenvalue weighted by atomic mass is 79.9. The number of nitrogens with one attached hydrogen (secondary N) is 1. The van der Waals surface area contributed by atoms with Gasteiger partial charge in [-0.05, 0) is 33.6 Å². The molecule has 0 fully saturated rings. The Balaban J connectivity index is 2.04. The third-order valence-electron chi connectivity index (χ3n) is 3.02. The smallest absolute Gasteiger partial charge is 0.280 e. The Morgan fingerprint density at radius 1 is 1.19 bits per heavy atom. The number of rotatable bonds is 2. The van der Waals surface area contributed by atoms with E-state index in [2.05, 4.69) is 30.9 Å². The predicted molar refractivity (Wildman–Crippen MR) is 83.6 cm³/mol. The zero-order chi connectivity index (χ0) is 14.8. The highest BCUT2D eigenvalue weighted by Gasteiger charge is 2.10. The lowest BCUT2D eigenvalue weighted by Crippen LogP contribution is -2.16. The van der Waals surface area contributed by atoms with Crippen molar-refractivity contribution in [3.63, 3.8) is 0 Å². The lowest BCUT2D eigenvalue weighted by Gasteiger charge is -2.00. The second kappa shape index (κ2) is 5.38. The number of hydrogen-bond acceptors (Lipinski definition) is 2. The van der Waals surface area contributed by atoms with Crippen molar-refractivity contribution in [2.45, 2.75) is 0 Å². The summed E-state index contributed by atoms with van der Waals surface area (Å²) in [4.78, 5) is 20.0. The van der Waals surface area contributed by atoms with Gasteiger partial charge in [-0.2, -0.15) is 0 Å². The van der Waals surface area contributed by atoms with Crippen LogP contribution in [-0.4, -0.2) is 14.8 Å². The van der Waals surface area contributed by atoms with E-state index in [4.69, 9.17) is 6.57 Å². The Labute approximate surface area is 128 Å². The van der Waals surface area contributed by atoms with E-state index in [0.717, 1.165) is 10.0 Å². The van der Waals surface area contributed by atoms with Crippen molar-refractivity contribution in [3.8, 4) is 16.9 Å². The molecule has 6 heteroatoms. The van der Waals surface area contributed by atoms with Crippen LogP contribution in [0.15, 0.2) is 58.1 Å². The monoisotopic (exact) mass is 340 g/mol. The average molecular weight is 341 g/mol. The van der Waals surface area contributed by atoms with Gasteiger partial charge in [0.15, 0.2) is 11.5 Å². The van der Waals surface area contributed by atoms with Gasteiger partial charge in [0.1, 0.15) is 0 Å². The first-order valence-corrected chi connectivity index (χ1v) is 6.88. The first kappa shape index (κ1) is 13.3. The van der Waals surface area contributed by atoms with Crippen molar-refractivity contribution in [3.05, 3.63) is 75.0 Å². The molecule has 0 radical (unpaired) electrons. The number of aromatic nitrogens is 3. The van der Waals surface area contributed by atoms with E-state index in [1.54, 1.807) is 42.7 Å². The molecule has 0 saturated heterocycles. The summed E-state index contributed by atoms with van der Waals surface area (Å²) in [6, 6.07) is 10.5. The van der Waals surface area contributed by atoms with Crippen LogP contribution in [0.2, 0.25) is 0 Å². The van der Waals surface area contributed by atoms with Crippen molar-refractivity contribution in [1.29, 1.82) is 0 Å². The number of benzene rings is 1. The Morgan fingerprint density at radius 3 is 2.57 bits per heavy atom. The molecule has 3 aromatic rings. The van der Waals surface area contributed by atoms with Crippen molar-refractivity contribution in [1.82, 2.24) is 14.8 Å². The third-order valence-corrected chi connectivity index (χ3v) is 3.49. The minimum Gasteiger partial charge on any atom is -0.296 e. The lowest BCUT2D eigenvalue weighted by molar-refractivity contribution is 0.818. The SMILES string of the molecule is [C-]#[N+]c1ccc(-c2c[nH]n(-c3ccc(Br)cn3)c2=O)cc1. The van der Waals surface area contributed by atoms with Gasteiger partial charge in [0.2, 0.25) is 0 Å². The summed E-state index contributed by atoms with van der Waals surface area (Å²) in [6.07, 6.45) is 3.27. The second-order valence-corrected chi connectivity index (χ2v) is 5.24. The van der Waals surface area contributed by atoms with Gasteiger partial charge >= 0.3 is 0 Å². The van der Waals surface area contributed by atoms with Crippen molar-refractivity contribution in [2.75, 3.05) is 0 Å². The highest BCUT2D eigenvalue weighted by Crippen LogP contribution is 2.20. The Morgan fingerprint density at radius 2 is 1.95 bits per heavy atom. The van der Waals surface area contributed by atoms with E-state index in [-0.39, 0.29) is 5.56 Å². The number of pyridine rings is 1. The molecule has 0 atom stereocenters. The van der Waals surface area contributed by atoms with Crippen LogP contribution in [-0.2, 0) is 0 Å². The summed E-state index contributed by atoms with van der Waals surface area (Å²) in [6.45, 7) is 6.94. The van der Waals surface area contributed by atoms with Crippen LogP contribution in [0.25, 0.3) is 21.8 Å². The van der Waals surface area contributed by atoms with Gasteiger partial charge in [-0.25, -0.2) is 14.5 Å². The summed E-state index contributed by atoms with van der Waals surface area (Å²) in [7, 11) is 0. The van der Waals surface area contributed by atoms with Gasteiger partial charge in [0, 0.05) is 16.9 Å². The molecule has 0 aliphatic rings. The van der Waals surface area contributed by atoms with E-state index in [1.807, 2.05) is 6.07 Å². The molecular weight excluding hydrogens is 332 g/mol. The maximum absolute atomic E-state index is 12.4. The van der Waals surface area contributed by atoms with E-state index in [9.17, 15) is 4.79 Å². The van der Waals surface area contributed by atoms with Crippen LogP contribution in [0.3, 0.4) is 0 Å². The first-order chi connectivity index (χ1) is 10.2. The van der Waals surface area contributed by atoms with Gasteiger partial charge in [-0.3, -0.25) is 9.89 Å². The predicted octanol–water partition coefficient (Wildman–Crippen LogP) is 3.54. The largest absolute Gasteiger partial charge is 0.296 e. The van der Waals surface area contributed by atoms with Gasteiger partial charge in [0.05, 0.1) is 12.1 Å². The standard InChI is InChI=1S/C15H9BrN4O/c1-17-12-5-2-10(3-6-12)13-9-19-20(15(13)21)14-7-4-11(16)8-18-14/h2-9,19H. The van der Waals surface area contributed by atoms with Crippen molar-refractivity contribution in [2.24, 2.45) is 0 Å². The fourth-order valence-corrected chi connectivity index (χ4v) is 2.20. The van der Waals surface area contributed by atoms with Crippen LogP contribution >= 0.6 is 15.9 Å². The molecule has 0 aliphatic heterocycles. The Kier molecular flexibility index (Phi) is 3.42. The number of hydrogen-bond donors (Lipinski definition) is 1. The van der Waals surface area contributed by atoms with E-state index in [0.29, 0.717) is 17.1 Å². The van der Waals surface area contributed by atoms with Crippen LogP contribution in [0.5, 0.6) is 0 Å². The lowest BCUT2D eigenvalue weighted by atomic mass is 10.1. The molecule has 2 aromatic heterocycles. The molecule has 3 rings (SSSR count). The number of aromatic amines is 1. The Bertz CT molecular complexity index is 870. The molecule has 0 spiro atoms. The highest BCUT2D eigenvalue weighted by molar-refractivity contribution is 9.10. The zero-order valence-electron chi connectivity index (χ0n) is 10.7. The molecule has 0 unspecified atom stereocenters. The van der Waals surface area contributed by atoms with Crippen molar-refractivity contribution >= 4 is 21.6 Å². The summed E-state index contributed by atoms with van der Waals surface area (Å²) in [5.74, 6) is 0.521. The average Bonchev–Trinajstić information content (AvgIpc) is 2.90. The van der Waals surface area contributed by atoms with Crippen molar-refractivity contribution < 1.29 is 0 Å². The summed E-state index contributed by atoms with van der Waals surface area (Å²) in [5, 5.41) is 2.90. The van der Waals surface area contributed by atoms with Gasteiger partial charge in [-0.1, -0.05) is 24.3 Å². The third kappa shape index (κ3) is 2.51. The quantitative estimate of drug-likeness (QED) is 0.725. The minimum absolute atomic E-state index is 0.180. The van der Waals surface area contributed by atoms with Crippen LogP contribution in [0, 0.1) is 6.57 Å². The molecule has 1 aromatic carbocycles. The summed E-state index contributed by atoms with van der Waals surface area (Å²) >= 11 is 3.31. The molecule has 1 N–H and O–H groups in total. The molecule has 102 valence electrons. The van der Waals surface area contributed by atoms with Gasteiger partial charge in [0.25, 0.3) is 5.56 Å². The Hall–Kier alpha value is -2.65. The molecule has 21 heavy (non-hydrogen) atoms. The maximum atomic E-state index is 12.4. The molecular formula is C15H9BrN4O. The summed E-state index contributed by atoms with van der Waals surface area (Å²) < 4.78 is 2.23. The number of halogens is 1. The molecule has 2 heterocycles. The minimum atomic E-state index is -0.180. The van der Waals surface area contributed by atoms with E-state index < -0.39 is 0 Å². The zero-order valence-corrected chi connectivity index (χ0v) is 12.3. The summed E-state index contributed by atoms with van der Waals surface area (Å²) in [5.41, 5.74) is 1.67. The van der Waals surface area contributed by atoms with Crippen LogP contribution < -0.4 is 5.56 Å². The molecule has 0 amide bonds. The normalized spacial score (nSPS) is 10.3. The first-order valence-electron chi connectivity index (χ1n) is 6.09. The molecule has 0 bridgehead atoms. The number of nitrogens with zero attached hydrogens (tertiary/aromatic N) is 3. The van der Waals surface area contributed by atoms with Crippen LogP contribution in [0.4, 0.5) is 5.69 Å². The van der Waals surface area contributed by atoms with E-state index >= 15 is 0 Å². The second-order valence-electron chi connectivity index (χ2n) is 4.32. The van der Waals surface area contributed by atoms with Gasteiger partial charge in [-0.15, -0.1) is 0 Å². The molecule has 0 aliphatic carbocycles. The maximum Gasteiger partial charge on any atom is 0.280 e. The molecule has 5 nitrogen and oxygen atoms in total. The van der Waals surface area contributed by atoms with Crippen LogP contribution in [0.1, 0.15) is 0 Å². The molecule has 0 saturated carbocycles. The topological polar surface area (TPSA) is 55.0 Å². The fraction of sp³-hybridized carbons (Fsp3) is 0. The fourth-order valence-electron chi connectivity index (χ4n) is 1.96. The van der Waals surface area contributed by atoms with Gasteiger partial charge < -0.3 is 0 Å². The number of H-pyrrole nitrogens is 1.